The van der Waals surface area contributed by atoms with Crippen molar-refractivity contribution >= 4 is 11.4 Å². The molecular formula is C18H21FN2O2. The normalized spacial score (nSPS) is 21.0. The van der Waals surface area contributed by atoms with Gasteiger partial charge in [-0.25, -0.2) is 4.39 Å². The summed E-state index contributed by atoms with van der Waals surface area (Å²) in [6.45, 7) is 0. The van der Waals surface area contributed by atoms with Gasteiger partial charge in [-0.3, -0.25) is 0 Å². The van der Waals surface area contributed by atoms with E-state index in [1.807, 2.05) is 6.07 Å². The second-order valence-corrected chi connectivity index (χ2v) is 5.95. The molecule has 0 saturated heterocycles. The van der Waals surface area contributed by atoms with Gasteiger partial charge in [0.15, 0.2) is 0 Å². The first-order valence-electron chi connectivity index (χ1n) is 7.88. The summed E-state index contributed by atoms with van der Waals surface area (Å²) < 4.78 is 18.7. The van der Waals surface area contributed by atoms with Crippen LogP contribution in [-0.4, -0.2) is 17.3 Å². The van der Waals surface area contributed by atoms with E-state index in [1.165, 1.54) is 12.1 Å². The summed E-state index contributed by atoms with van der Waals surface area (Å²) >= 11 is 0. The smallest absolute Gasteiger partial charge is 0.129 e. The van der Waals surface area contributed by atoms with E-state index in [-0.39, 0.29) is 11.9 Å². The molecule has 0 radical (unpaired) electrons. The summed E-state index contributed by atoms with van der Waals surface area (Å²) in [5.41, 5.74) is 7.51. The highest BCUT2D eigenvalue weighted by molar-refractivity contribution is 5.68. The average molecular weight is 316 g/mol. The van der Waals surface area contributed by atoms with Crippen molar-refractivity contribution in [3.05, 3.63) is 48.3 Å². The molecule has 0 unspecified atom stereocenters. The number of anilines is 2. The number of nitrogens with one attached hydrogen (secondary N) is 1. The first kappa shape index (κ1) is 15.6. The maximum absolute atomic E-state index is 12.9. The van der Waals surface area contributed by atoms with Gasteiger partial charge >= 0.3 is 0 Å². The van der Waals surface area contributed by atoms with Crippen molar-refractivity contribution in [1.29, 1.82) is 0 Å². The Hall–Kier alpha value is -2.27. The van der Waals surface area contributed by atoms with E-state index in [0.717, 1.165) is 31.4 Å². The fourth-order valence-corrected chi connectivity index (χ4v) is 2.80. The number of hydrogen-bond acceptors (Lipinski definition) is 4. The zero-order chi connectivity index (χ0) is 16.2. The fraction of sp³-hybridized carbons (Fsp3) is 0.333. The Kier molecular flexibility index (Phi) is 4.67. The van der Waals surface area contributed by atoms with Gasteiger partial charge in [0.1, 0.15) is 17.3 Å². The van der Waals surface area contributed by atoms with Gasteiger partial charge in [-0.1, -0.05) is 0 Å². The highest BCUT2D eigenvalue weighted by Gasteiger charge is 2.19. The Labute approximate surface area is 135 Å². The highest BCUT2D eigenvalue weighted by Crippen LogP contribution is 2.31. The second kappa shape index (κ2) is 6.87. The third-order valence-corrected chi connectivity index (χ3v) is 4.13. The van der Waals surface area contributed by atoms with Crippen LogP contribution >= 0.6 is 0 Å². The molecule has 1 fully saturated rings. The summed E-state index contributed by atoms with van der Waals surface area (Å²) in [6, 6.07) is 11.6. The molecule has 1 saturated carbocycles. The maximum atomic E-state index is 12.9. The SMILES string of the molecule is Nc1ccc(Oc2ccc(F)cc2)cc1N[C@H]1CC[C@@H](O)CC1. The largest absolute Gasteiger partial charge is 0.457 e. The molecule has 1 aliphatic rings. The number of aliphatic hydroxyl groups excluding tert-OH is 1. The first-order valence-corrected chi connectivity index (χ1v) is 7.88. The molecule has 122 valence electrons. The Morgan fingerprint density at radius 3 is 2.35 bits per heavy atom. The van der Waals surface area contributed by atoms with Crippen LogP contribution in [0.3, 0.4) is 0 Å². The number of halogens is 1. The Morgan fingerprint density at radius 2 is 1.65 bits per heavy atom. The summed E-state index contributed by atoms with van der Waals surface area (Å²) in [5, 5.41) is 13.0. The molecule has 4 N–H and O–H groups in total. The molecule has 4 nitrogen and oxygen atoms in total. The maximum Gasteiger partial charge on any atom is 0.129 e. The molecular weight excluding hydrogens is 295 g/mol. The minimum Gasteiger partial charge on any atom is -0.457 e. The fourth-order valence-electron chi connectivity index (χ4n) is 2.80. The van der Waals surface area contributed by atoms with Crippen LogP contribution in [0.1, 0.15) is 25.7 Å². The van der Waals surface area contributed by atoms with E-state index in [2.05, 4.69) is 5.32 Å². The Morgan fingerprint density at radius 1 is 1.00 bits per heavy atom. The monoisotopic (exact) mass is 316 g/mol. The number of benzene rings is 2. The van der Waals surface area contributed by atoms with Crippen LogP contribution in [0.2, 0.25) is 0 Å². The number of aliphatic hydroxyl groups is 1. The standard InChI is InChI=1S/C18H21FN2O2/c19-12-1-7-15(8-2-12)23-16-9-10-17(20)18(11-16)21-13-3-5-14(22)6-4-13/h1-2,7-11,13-14,21-22H,3-6,20H2/t13-,14+. The van der Waals surface area contributed by atoms with Crippen molar-refractivity contribution in [3.8, 4) is 11.5 Å². The van der Waals surface area contributed by atoms with Crippen LogP contribution < -0.4 is 15.8 Å². The zero-order valence-electron chi connectivity index (χ0n) is 12.8. The third kappa shape index (κ3) is 4.13. The van der Waals surface area contributed by atoms with E-state index in [0.29, 0.717) is 23.2 Å². The van der Waals surface area contributed by atoms with Gasteiger partial charge in [-0.2, -0.15) is 0 Å². The molecule has 0 amide bonds. The van der Waals surface area contributed by atoms with Gasteiger partial charge in [0, 0.05) is 12.1 Å². The first-order chi connectivity index (χ1) is 11.1. The molecule has 0 aliphatic heterocycles. The Bertz CT molecular complexity index is 653. The summed E-state index contributed by atoms with van der Waals surface area (Å²) in [6.07, 6.45) is 3.28. The van der Waals surface area contributed by atoms with E-state index in [4.69, 9.17) is 10.5 Å². The lowest BCUT2D eigenvalue weighted by Gasteiger charge is -2.27. The average Bonchev–Trinajstić information content (AvgIpc) is 2.55. The third-order valence-electron chi connectivity index (χ3n) is 4.13. The number of nitrogens with two attached hydrogens (primary N) is 1. The molecule has 23 heavy (non-hydrogen) atoms. The van der Waals surface area contributed by atoms with Crippen LogP contribution in [0.5, 0.6) is 11.5 Å². The van der Waals surface area contributed by atoms with Crippen LogP contribution in [0.25, 0.3) is 0 Å². The van der Waals surface area contributed by atoms with Crippen molar-refractivity contribution in [2.45, 2.75) is 37.8 Å². The van der Waals surface area contributed by atoms with Gasteiger partial charge in [-0.05, 0) is 62.1 Å². The molecule has 0 atom stereocenters. The molecule has 5 heteroatoms. The van der Waals surface area contributed by atoms with Crippen molar-refractivity contribution in [3.63, 3.8) is 0 Å². The topological polar surface area (TPSA) is 67.5 Å². The minimum atomic E-state index is -0.295. The van der Waals surface area contributed by atoms with Gasteiger partial charge in [-0.15, -0.1) is 0 Å². The van der Waals surface area contributed by atoms with Crippen molar-refractivity contribution < 1.29 is 14.2 Å². The predicted octanol–water partition coefficient (Wildman–Crippen LogP) is 3.92. The lowest BCUT2D eigenvalue weighted by molar-refractivity contribution is 0.126. The van der Waals surface area contributed by atoms with Gasteiger partial charge in [0.25, 0.3) is 0 Å². The van der Waals surface area contributed by atoms with Crippen LogP contribution in [0.4, 0.5) is 15.8 Å². The lowest BCUT2D eigenvalue weighted by Crippen LogP contribution is -2.28. The van der Waals surface area contributed by atoms with Crippen LogP contribution in [0.15, 0.2) is 42.5 Å². The highest BCUT2D eigenvalue weighted by atomic mass is 19.1. The minimum absolute atomic E-state index is 0.182. The Balaban J connectivity index is 1.70. The molecule has 2 aromatic carbocycles. The quantitative estimate of drug-likeness (QED) is 0.748. The van der Waals surface area contributed by atoms with E-state index in [9.17, 15) is 9.50 Å². The van der Waals surface area contributed by atoms with Gasteiger partial charge in [0.05, 0.1) is 17.5 Å². The van der Waals surface area contributed by atoms with Crippen molar-refractivity contribution in [2.75, 3.05) is 11.1 Å². The van der Waals surface area contributed by atoms with E-state index >= 15 is 0 Å². The predicted molar refractivity (Wildman–Crippen MR) is 89.2 cm³/mol. The van der Waals surface area contributed by atoms with Crippen LogP contribution in [-0.2, 0) is 0 Å². The second-order valence-electron chi connectivity index (χ2n) is 5.95. The number of nitrogen functional groups attached to an aromatic ring is 1. The molecule has 0 aromatic heterocycles. The molecule has 0 spiro atoms. The summed E-state index contributed by atoms with van der Waals surface area (Å²) in [5.74, 6) is 0.920. The molecule has 1 aliphatic carbocycles. The van der Waals surface area contributed by atoms with Gasteiger partial charge in [0.2, 0.25) is 0 Å². The van der Waals surface area contributed by atoms with Gasteiger partial charge < -0.3 is 20.9 Å². The van der Waals surface area contributed by atoms with E-state index in [1.54, 1.807) is 24.3 Å². The van der Waals surface area contributed by atoms with Crippen molar-refractivity contribution in [1.82, 2.24) is 0 Å². The van der Waals surface area contributed by atoms with Crippen LogP contribution in [0, 0.1) is 5.82 Å². The molecule has 3 rings (SSSR count). The zero-order valence-corrected chi connectivity index (χ0v) is 12.8. The molecule has 0 heterocycles. The summed E-state index contributed by atoms with van der Waals surface area (Å²) in [7, 11) is 0. The van der Waals surface area contributed by atoms with E-state index < -0.39 is 0 Å². The number of hydrogen-bond donors (Lipinski definition) is 3. The lowest BCUT2D eigenvalue weighted by atomic mass is 9.93. The summed E-state index contributed by atoms with van der Waals surface area (Å²) in [4.78, 5) is 0. The number of rotatable bonds is 4. The molecule has 2 aromatic rings. The molecule has 0 bridgehead atoms. The van der Waals surface area contributed by atoms with Crippen molar-refractivity contribution in [2.24, 2.45) is 0 Å². The number of ether oxygens (including phenoxy) is 1.